The molecule has 2 rings (SSSR count). The molecule has 0 fully saturated rings. The lowest BCUT2D eigenvalue weighted by Gasteiger charge is -2.26. The Morgan fingerprint density at radius 2 is 1.27 bits per heavy atom. The number of fused-ring (bicyclic) bond motifs is 1. The van der Waals surface area contributed by atoms with E-state index in [0.29, 0.717) is 0 Å². The first-order valence-electron chi connectivity index (χ1n) is 8.40. The van der Waals surface area contributed by atoms with Gasteiger partial charge in [-0.05, 0) is 40.5 Å². The largest absolute Gasteiger partial charge is 0.357 e. The Balaban J connectivity index is 2.92. The number of aryl methyl sites for hydroxylation is 1. The molecule has 0 saturated carbocycles. The Morgan fingerprint density at radius 1 is 0.727 bits per heavy atom. The third-order valence-electron chi connectivity index (χ3n) is 4.59. The summed E-state index contributed by atoms with van der Waals surface area (Å²) < 4.78 is 0. The summed E-state index contributed by atoms with van der Waals surface area (Å²) >= 11 is 0. The van der Waals surface area contributed by atoms with Crippen LogP contribution in [0.2, 0.25) is 0 Å². The molecule has 0 radical (unpaired) electrons. The molecule has 1 heteroatoms. The van der Waals surface area contributed by atoms with Gasteiger partial charge in [-0.2, -0.15) is 0 Å². The molecule has 1 heterocycles. The van der Waals surface area contributed by atoms with Gasteiger partial charge in [-0.25, -0.2) is 0 Å². The SMILES string of the molecule is Cc1c(C(C)(C)C)[nH]c2c(C(C)(C)C)cc(C(C)(C)C)cc12. The van der Waals surface area contributed by atoms with Crippen molar-refractivity contribution < 1.29 is 0 Å². The van der Waals surface area contributed by atoms with Crippen molar-refractivity contribution in [1.82, 2.24) is 4.98 Å². The molecule has 22 heavy (non-hydrogen) atoms. The van der Waals surface area contributed by atoms with Gasteiger partial charge < -0.3 is 4.98 Å². The first-order valence-corrected chi connectivity index (χ1v) is 8.40. The molecule has 0 amide bonds. The maximum absolute atomic E-state index is 3.76. The smallest absolute Gasteiger partial charge is 0.0497 e. The fraction of sp³-hybridized carbons (Fsp3) is 0.619. The maximum Gasteiger partial charge on any atom is 0.0497 e. The number of aromatic amines is 1. The first-order chi connectivity index (χ1) is 9.73. The minimum Gasteiger partial charge on any atom is -0.357 e. The molecule has 0 unspecified atom stereocenters. The predicted molar refractivity (Wildman–Crippen MR) is 99.1 cm³/mol. The van der Waals surface area contributed by atoms with E-state index in [1.807, 2.05) is 0 Å². The molecule has 1 aromatic heterocycles. The van der Waals surface area contributed by atoms with E-state index in [1.54, 1.807) is 0 Å². The van der Waals surface area contributed by atoms with Crippen molar-refractivity contribution in [2.24, 2.45) is 0 Å². The van der Waals surface area contributed by atoms with Crippen LogP contribution in [0.1, 0.15) is 84.7 Å². The number of nitrogens with one attached hydrogen (secondary N) is 1. The summed E-state index contributed by atoms with van der Waals surface area (Å²) in [7, 11) is 0. The molecule has 1 aromatic carbocycles. The van der Waals surface area contributed by atoms with E-state index >= 15 is 0 Å². The van der Waals surface area contributed by atoms with Gasteiger partial charge in [-0.1, -0.05) is 68.4 Å². The second kappa shape index (κ2) is 4.88. The monoisotopic (exact) mass is 299 g/mol. The van der Waals surface area contributed by atoms with Gasteiger partial charge in [0.15, 0.2) is 0 Å². The van der Waals surface area contributed by atoms with Crippen LogP contribution in [0, 0.1) is 6.92 Å². The molecule has 2 aromatic rings. The molecule has 0 atom stereocenters. The van der Waals surface area contributed by atoms with Gasteiger partial charge in [0.25, 0.3) is 0 Å². The topological polar surface area (TPSA) is 15.8 Å². The van der Waals surface area contributed by atoms with E-state index in [9.17, 15) is 0 Å². The van der Waals surface area contributed by atoms with Crippen LogP contribution in [-0.4, -0.2) is 4.98 Å². The summed E-state index contributed by atoms with van der Waals surface area (Å²) in [5, 5.41) is 1.39. The summed E-state index contributed by atoms with van der Waals surface area (Å²) in [5.74, 6) is 0. The van der Waals surface area contributed by atoms with Gasteiger partial charge >= 0.3 is 0 Å². The second-order valence-electron chi connectivity index (χ2n) is 9.82. The Kier molecular flexibility index (Phi) is 3.80. The van der Waals surface area contributed by atoms with Crippen molar-refractivity contribution in [1.29, 1.82) is 0 Å². The van der Waals surface area contributed by atoms with Gasteiger partial charge in [0.1, 0.15) is 0 Å². The summed E-state index contributed by atoms with van der Waals surface area (Å²) in [5.41, 5.74) is 7.37. The molecule has 1 nitrogen and oxygen atoms in total. The van der Waals surface area contributed by atoms with Crippen molar-refractivity contribution in [3.8, 4) is 0 Å². The van der Waals surface area contributed by atoms with Crippen LogP contribution in [0.15, 0.2) is 12.1 Å². The summed E-state index contributed by atoms with van der Waals surface area (Å²) in [4.78, 5) is 3.76. The maximum atomic E-state index is 3.76. The number of rotatable bonds is 0. The molecular weight excluding hydrogens is 266 g/mol. The average Bonchev–Trinajstić information content (AvgIpc) is 2.63. The third-order valence-corrected chi connectivity index (χ3v) is 4.59. The van der Waals surface area contributed by atoms with E-state index in [0.717, 1.165) is 0 Å². The van der Waals surface area contributed by atoms with Crippen LogP contribution in [0.4, 0.5) is 0 Å². The van der Waals surface area contributed by atoms with Crippen LogP contribution < -0.4 is 0 Å². The fourth-order valence-corrected chi connectivity index (χ4v) is 3.20. The lowest BCUT2D eigenvalue weighted by atomic mass is 9.79. The zero-order valence-corrected chi connectivity index (χ0v) is 16.2. The molecule has 0 aliphatic carbocycles. The normalized spacial score (nSPS) is 13.9. The number of hydrogen-bond acceptors (Lipinski definition) is 0. The molecule has 122 valence electrons. The standard InChI is InChI=1S/C21H33N/c1-13-15-11-14(19(2,3)4)12-16(20(5,6)7)17(15)22-18(13)21(8,9)10/h11-12,22H,1-10H3. The van der Waals surface area contributed by atoms with Crippen molar-refractivity contribution in [3.05, 3.63) is 34.5 Å². The highest BCUT2D eigenvalue weighted by molar-refractivity contribution is 5.89. The first kappa shape index (κ1) is 17.1. The van der Waals surface area contributed by atoms with E-state index in [-0.39, 0.29) is 16.2 Å². The Hall–Kier alpha value is -1.24. The lowest BCUT2D eigenvalue weighted by molar-refractivity contribution is 0.566. The summed E-state index contributed by atoms with van der Waals surface area (Å²) in [6.07, 6.45) is 0. The number of aromatic nitrogens is 1. The van der Waals surface area contributed by atoms with E-state index < -0.39 is 0 Å². The highest BCUT2D eigenvalue weighted by Gasteiger charge is 2.27. The van der Waals surface area contributed by atoms with E-state index in [2.05, 4.69) is 86.4 Å². The summed E-state index contributed by atoms with van der Waals surface area (Å²) in [6.45, 7) is 22.9. The second-order valence-corrected chi connectivity index (χ2v) is 9.82. The number of hydrogen-bond donors (Lipinski definition) is 1. The van der Waals surface area contributed by atoms with Crippen LogP contribution in [0.5, 0.6) is 0 Å². The van der Waals surface area contributed by atoms with Crippen molar-refractivity contribution >= 4 is 10.9 Å². The molecule has 0 saturated heterocycles. The molecule has 1 N–H and O–H groups in total. The van der Waals surface area contributed by atoms with Gasteiger partial charge in [-0.3, -0.25) is 0 Å². The number of benzene rings is 1. The Bertz CT molecular complexity index is 695. The third kappa shape index (κ3) is 2.95. The lowest BCUT2D eigenvalue weighted by Crippen LogP contribution is -2.17. The highest BCUT2D eigenvalue weighted by Crippen LogP contribution is 2.39. The molecular formula is C21H33N. The van der Waals surface area contributed by atoms with Gasteiger partial charge in [0.05, 0.1) is 0 Å². The van der Waals surface area contributed by atoms with Gasteiger partial charge in [0, 0.05) is 22.0 Å². The molecule has 0 spiro atoms. The van der Waals surface area contributed by atoms with E-state index in [1.165, 1.54) is 33.3 Å². The number of H-pyrrole nitrogens is 1. The average molecular weight is 300 g/mol. The predicted octanol–water partition coefficient (Wildman–Crippen LogP) is 6.37. The van der Waals surface area contributed by atoms with Crippen LogP contribution in [0.3, 0.4) is 0 Å². The zero-order valence-electron chi connectivity index (χ0n) is 16.2. The molecule has 0 aliphatic heterocycles. The molecule has 0 aliphatic rings. The van der Waals surface area contributed by atoms with Crippen molar-refractivity contribution in [2.75, 3.05) is 0 Å². The van der Waals surface area contributed by atoms with Crippen molar-refractivity contribution in [3.63, 3.8) is 0 Å². The Labute approximate surface area is 136 Å². The van der Waals surface area contributed by atoms with Gasteiger partial charge in [-0.15, -0.1) is 0 Å². The minimum atomic E-state index is 0.131. The van der Waals surface area contributed by atoms with Crippen LogP contribution >= 0.6 is 0 Å². The zero-order chi connectivity index (χ0) is 17.1. The van der Waals surface area contributed by atoms with Crippen LogP contribution in [-0.2, 0) is 16.2 Å². The minimum absolute atomic E-state index is 0.131. The van der Waals surface area contributed by atoms with Crippen molar-refractivity contribution in [2.45, 2.75) is 85.5 Å². The Morgan fingerprint density at radius 3 is 1.68 bits per heavy atom. The van der Waals surface area contributed by atoms with Gasteiger partial charge in [0.2, 0.25) is 0 Å². The molecule has 0 bridgehead atoms. The summed E-state index contributed by atoms with van der Waals surface area (Å²) in [6, 6.07) is 4.80. The quantitative estimate of drug-likeness (QED) is 0.582. The fourth-order valence-electron chi connectivity index (χ4n) is 3.20. The highest BCUT2D eigenvalue weighted by atomic mass is 14.7. The van der Waals surface area contributed by atoms with Crippen LogP contribution in [0.25, 0.3) is 10.9 Å². The van der Waals surface area contributed by atoms with E-state index in [4.69, 9.17) is 0 Å².